The molecule has 29 heavy (non-hydrogen) atoms. The van der Waals surface area contributed by atoms with Crippen molar-refractivity contribution in [1.29, 1.82) is 0 Å². The van der Waals surface area contributed by atoms with Gasteiger partial charge in [0.25, 0.3) is 5.56 Å². The van der Waals surface area contributed by atoms with Crippen LogP contribution in [0.25, 0.3) is 21.3 Å². The molecule has 1 aromatic carbocycles. The van der Waals surface area contributed by atoms with Crippen molar-refractivity contribution in [2.24, 2.45) is 5.92 Å². The van der Waals surface area contributed by atoms with Crippen molar-refractivity contribution in [2.75, 3.05) is 0 Å². The number of nitrogens with zero attached hydrogens (tertiary/aromatic N) is 2. The molecule has 0 spiro atoms. The quantitative estimate of drug-likeness (QED) is 0.533. The van der Waals surface area contributed by atoms with Gasteiger partial charge in [0, 0.05) is 15.5 Å². The van der Waals surface area contributed by atoms with E-state index in [4.69, 9.17) is 16.3 Å². The van der Waals surface area contributed by atoms with Gasteiger partial charge in [-0.05, 0) is 49.8 Å². The molecule has 2 atom stereocenters. The fraction of sp³-hybridized carbons (Fsp3) is 0.409. The van der Waals surface area contributed by atoms with E-state index in [0.717, 1.165) is 35.3 Å². The third-order valence-corrected chi connectivity index (χ3v) is 6.74. The molecule has 0 bridgehead atoms. The summed E-state index contributed by atoms with van der Waals surface area (Å²) in [6.45, 7) is 4.03. The molecule has 2 aromatic heterocycles. The van der Waals surface area contributed by atoms with Gasteiger partial charge in [0.05, 0.1) is 11.7 Å². The normalized spacial score (nSPS) is 19.4. The van der Waals surface area contributed by atoms with Crippen molar-refractivity contribution in [2.45, 2.75) is 52.2 Å². The summed E-state index contributed by atoms with van der Waals surface area (Å²) in [5.41, 5.74) is 1.54. The minimum Gasteiger partial charge on any atom is -0.461 e. The van der Waals surface area contributed by atoms with Gasteiger partial charge in [-0.2, -0.15) is 0 Å². The summed E-state index contributed by atoms with van der Waals surface area (Å²) < 4.78 is 6.98. The standard InChI is InChI=1S/C22H23ClN2O3S/c1-13-4-3-5-17(10-13)28-18(26)11-25-12-24-21-20(22(25)27)19(14(2)29-21)15-6-8-16(23)9-7-15/h6-9,12-13,17H,3-5,10-11H2,1-2H3. The lowest BCUT2D eigenvalue weighted by molar-refractivity contribution is -0.152. The topological polar surface area (TPSA) is 61.2 Å². The van der Waals surface area contributed by atoms with Crippen molar-refractivity contribution >= 4 is 39.1 Å². The van der Waals surface area contributed by atoms with E-state index in [0.29, 0.717) is 21.2 Å². The Kier molecular flexibility index (Phi) is 5.74. The molecule has 7 heteroatoms. The number of fused-ring (bicyclic) bond motifs is 1. The van der Waals surface area contributed by atoms with Crippen molar-refractivity contribution in [3.8, 4) is 11.1 Å². The van der Waals surface area contributed by atoms with Gasteiger partial charge < -0.3 is 4.74 Å². The molecule has 1 fully saturated rings. The van der Waals surface area contributed by atoms with Crippen LogP contribution in [0.2, 0.25) is 5.02 Å². The number of hydrogen-bond donors (Lipinski definition) is 0. The van der Waals surface area contributed by atoms with Gasteiger partial charge in [-0.3, -0.25) is 14.2 Å². The second kappa shape index (κ2) is 8.28. The number of benzene rings is 1. The maximum Gasteiger partial charge on any atom is 0.326 e. The number of ether oxygens (including phenoxy) is 1. The largest absolute Gasteiger partial charge is 0.461 e. The van der Waals surface area contributed by atoms with Gasteiger partial charge in [-0.15, -0.1) is 11.3 Å². The van der Waals surface area contributed by atoms with Gasteiger partial charge in [0.2, 0.25) is 0 Å². The zero-order valence-electron chi connectivity index (χ0n) is 16.5. The molecule has 0 saturated heterocycles. The smallest absolute Gasteiger partial charge is 0.326 e. The summed E-state index contributed by atoms with van der Waals surface area (Å²) in [5, 5.41) is 1.18. The van der Waals surface area contributed by atoms with E-state index in [1.807, 2.05) is 19.1 Å². The maximum absolute atomic E-state index is 13.2. The molecule has 1 saturated carbocycles. The summed E-state index contributed by atoms with van der Waals surface area (Å²) in [6, 6.07) is 7.40. The highest BCUT2D eigenvalue weighted by Gasteiger charge is 2.23. The fourth-order valence-corrected chi connectivity index (χ4v) is 5.19. The van der Waals surface area contributed by atoms with Gasteiger partial charge in [-0.1, -0.05) is 37.1 Å². The van der Waals surface area contributed by atoms with Crippen LogP contribution in [0, 0.1) is 12.8 Å². The van der Waals surface area contributed by atoms with E-state index in [1.54, 1.807) is 12.1 Å². The van der Waals surface area contributed by atoms with Crippen molar-refractivity contribution in [1.82, 2.24) is 9.55 Å². The predicted molar refractivity (Wildman–Crippen MR) is 117 cm³/mol. The summed E-state index contributed by atoms with van der Waals surface area (Å²) in [7, 11) is 0. The fourth-order valence-electron chi connectivity index (χ4n) is 4.06. The van der Waals surface area contributed by atoms with E-state index in [2.05, 4.69) is 11.9 Å². The molecule has 0 amide bonds. The Morgan fingerprint density at radius 2 is 2.07 bits per heavy atom. The average molecular weight is 431 g/mol. The summed E-state index contributed by atoms with van der Waals surface area (Å²) in [5.74, 6) is 0.186. The third kappa shape index (κ3) is 4.23. The average Bonchev–Trinajstić information content (AvgIpc) is 3.01. The number of aromatic nitrogens is 2. The van der Waals surface area contributed by atoms with Crippen LogP contribution in [-0.4, -0.2) is 21.6 Å². The Hall–Kier alpha value is -2.18. The SMILES string of the molecule is Cc1sc2ncn(CC(=O)OC3CCCC(C)C3)c(=O)c2c1-c1ccc(Cl)cc1. The number of thiophene rings is 1. The number of halogens is 1. The molecule has 2 heterocycles. The van der Waals surface area contributed by atoms with Gasteiger partial charge in [0.15, 0.2) is 0 Å². The number of carbonyl (C=O) groups excluding carboxylic acids is 1. The first-order chi connectivity index (χ1) is 13.9. The molecule has 1 aliphatic carbocycles. The Balaban J connectivity index is 1.63. The molecule has 152 valence electrons. The number of aryl methyl sites for hydroxylation is 1. The Morgan fingerprint density at radius 3 is 2.79 bits per heavy atom. The van der Waals surface area contributed by atoms with Crippen LogP contribution in [-0.2, 0) is 16.1 Å². The lowest BCUT2D eigenvalue weighted by Gasteiger charge is -2.26. The van der Waals surface area contributed by atoms with Gasteiger partial charge in [-0.25, -0.2) is 4.98 Å². The van der Waals surface area contributed by atoms with Crippen LogP contribution in [0.5, 0.6) is 0 Å². The second-order valence-electron chi connectivity index (χ2n) is 7.78. The van der Waals surface area contributed by atoms with Crippen molar-refractivity contribution < 1.29 is 9.53 Å². The molecule has 0 aliphatic heterocycles. The Morgan fingerprint density at radius 1 is 1.31 bits per heavy atom. The zero-order valence-corrected chi connectivity index (χ0v) is 18.1. The van der Waals surface area contributed by atoms with Crippen LogP contribution < -0.4 is 5.56 Å². The van der Waals surface area contributed by atoms with E-state index in [9.17, 15) is 9.59 Å². The molecule has 2 unspecified atom stereocenters. The predicted octanol–water partition coefficient (Wildman–Crippen LogP) is 5.21. The van der Waals surface area contributed by atoms with Crippen molar-refractivity contribution in [3.63, 3.8) is 0 Å². The van der Waals surface area contributed by atoms with Crippen LogP contribution in [0.3, 0.4) is 0 Å². The molecular formula is C22H23ClN2O3S. The Labute approximate surface area is 178 Å². The molecule has 0 radical (unpaired) electrons. The second-order valence-corrected chi connectivity index (χ2v) is 9.42. The first-order valence-corrected chi connectivity index (χ1v) is 11.1. The third-order valence-electron chi connectivity index (χ3n) is 5.47. The van der Waals surface area contributed by atoms with Crippen molar-refractivity contribution in [3.05, 3.63) is 50.8 Å². The first kappa shape index (κ1) is 20.1. The van der Waals surface area contributed by atoms with Gasteiger partial charge >= 0.3 is 5.97 Å². The lowest BCUT2D eigenvalue weighted by Crippen LogP contribution is -2.30. The number of esters is 1. The summed E-state index contributed by atoms with van der Waals surface area (Å²) in [4.78, 5) is 31.7. The van der Waals surface area contributed by atoms with E-state index >= 15 is 0 Å². The highest BCUT2D eigenvalue weighted by Crippen LogP contribution is 2.35. The monoisotopic (exact) mass is 430 g/mol. The molecule has 1 aliphatic rings. The van der Waals surface area contributed by atoms with Gasteiger partial charge in [0.1, 0.15) is 17.5 Å². The minimum atomic E-state index is -0.382. The van der Waals surface area contributed by atoms with E-state index in [1.165, 1.54) is 28.7 Å². The highest BCUT2D eigenvalue weighted by molar-refractivity contribution is 7.19. The van der Waals surface area contributed by atoms with E-state index < -0.39 is 0 Å². The molecule has 5 nitrogen and oxygen atoms in total. The van der Waals surface area contributed by atoms with E-state index in [-0.39, 0.29) is 24.2 Å². The highest BCUT2D eigenvalue weighted by atomic mass is 35.5. The number of hydrogen-bond acceptors (Lipinski definition) is 5. The first-order valence-electron chi connectivity index (χ1n) is 9.86. The lowest BCUT2D eigenvalue weighted by atomic mass is 9.89. The summed E-state index contributed by atoms with van der Waals surface area (Å²) in [6.07, 6.45) is 5.43. The van der Waals surface area contributed by atoms with Crippen LogP contribution in [0.1, 0.15) is 37.5 Å². The van der Waals surface area contributed by atoms with Crippen LogP contribution >= 0.6 is 22.9 Å². The van der Waals surface area contributed by atoms with Crippen LogP contribution in [0.15, 0.2) is 35.4 Å². The maximum atomic E-state index is 13.2. The minimum absolute atomic E-state index is 0.0494. The number of rotatable bonds is 4. The zero-order chi connectivity index (χ0) is 20.5. The molecule has 4 rings (SSSR count). The van der Waals surface area contributed by atoms with Crippen LogP contribution in [0.4, 0.5) is 0 Å². The molecular weight excluding hydrogens is 408 g/mol. The number of carbonyl (C=O) groups is 1. The molecule has 3 aromatic rings. The Bertz CT molecular complexity index is 1100. The molecule has 0 N–H and O–H groups in total. The summed E-state index contributed by atoms with van der Waals surface area (Å²) >= 11 is 7.48.